The molecular formula is C18H18BrN3O3S. The fourth-order valence-corrected chi connectivity index (χ4v) is 2.51. The van der Waals surface area contributed by atoms with Crippen LogP contribution >= 0.6 is 28.1 Å². The van der Waals surface area contributed by atoms with Crippen molar-refractivity contribution >= 4 is 45.1 Å². The number of benzene rings is 2. The third kappa shape index (κ3) is 6.12. The summed E-state index contributed by atoms with van der Waals surface area (Å²) in [6.45, 7) is 3.67. The Hall–Kier alpha value is -2.45. The van der Waals surface area contributed by atoms with Gasteiger partial charge < -0.3 is 4.74 Å². The number of thiocarbonyl (C=S) groups is 1. The number of hydrogen-bond donors (Lipinski definition) is 3. The van der Waals surface area contributed by atoms with E-state index in [0.29, 0.717) is 11.3 Å². The molecule has 0 aliphatic carbocycles. The molecule has 0 saturated carbocycles. The van der Waals surface area contributed by atoms with Crippen LogP contribution in [0, 0.1) is 13.8 Å². The van der Waals surface area contributed by atoms with Crippen LogP contribution in [0.25, 0.3) is 0 Å². The van der Waals surface area contributed by atoms with Gasteiger partial charge in [0.1, 0.15) is 5.75 Å². The van der Waals surface area contributed by atoms with Crippen LogP contribution in [0.2, 0.25) is 0 Å². The molecule has 0 saturated heterocycles. The van der Waals surface area contributed by atoms with Crippen molar-refractivity contribution in [2.24, 2.45) is 0 Å². The molecule has 0 atom stereocenters. The van der Waals surface area contributed by atoms with E-state index in [4.69, 9.17) is 17.0 Å². The molecule has 0 fully saturated rings. The highest BCUT2D eigenvalue weighted by Gasteiger charge is 2.09. The molecule has 8 heteroatoms. The highest BCUT2D eigenvalue weighted by Crippen LogP contribution is 2.17. The lowest BCUT2D eigenvalue weighted by Crippen LogP contribution is -2.49. The molecule has 3 N–H and O–H groups in total. The molecule has 0 aliphatic heterocycles. The van der Waals surface area contributed by atoms with Crippen LogP contribution in [0.5, 0.6) is 5.75 Å². The van der Waals surface area contributed by atoms with Gasteiger partial charge in [0.2, 0.25) is 0 Å². The largest absolute Gasteiger partial charge is 0.484 e. The van der Waals surface area contributed by atoms with Crippen LogP contribution in [0.15, 0.2) is 46.9 Å². The number of ether oxygens (including phenoxy) is 1. The van der Waals surface area contributed by atoms with Crippen LogP contribution in [0.3, 0.4) is 0 Å². The molecule has 2 aromatic rings. The summed E-state index contributed by atoms with van der Waals surface area (Å²) in [6, 6.07) is 12.6. The Labute approximate surface area is 165 Å². The molecule has 2 aromatic carbocycles. The molecule has 136 valence electrons. The molecule has 0 radical (unpaired) electrons. The zero-order valence-corrected chi connectivity index (χ0v) is 16.7. The number of rotatable bonds is 4. The van der Waals surface area contributed by atoms with E-state index < -0.39 is 5.91 Å². The lowest BCUT2D eigenvalue weighted by molar-refractivity contribution is -0.121. The summed E-state index contributed by atoms with van der Waals surface area (Å²) in [4.78, 5) is 23.9. The van der Waals surface area contributed by atoms with Crippen molar-refractivity contribution in [1.29, 1.82) is 0 Å². The normalized spacial score (nSPS) is 9.96. The summed E-state index contributed by atoms with van der Waals surface area (Å²) in [5.74, 6) is -0.216. The van der Waals surface area contributed by atoms with Crippen molar-refractivity contribution in [1.82, 2.24) is 16.2 Å². The van der Waals surface area contributed by atoms with Gasteiger partial charge in [0.15, 0.2) is 11.7 Å². The van der Waals surface area contributed by atoms with Crippen molar-refractivity contribution < 1.29 is 14.3 Å². The number of hydrazine groups is 1. The zero-order valence-electron chi connectivity index (χ0n) is 14.3. The van der Waals surface area contributed by atoms with Gasteiger partial charge in [-0.1, -0.05) is 34.1 Å². The van der Waals surface area contributed by atoms with Crippen molar-refractivity contribution in [3.8, 4) is 5.75 Å². The van der Waals surface area contributed by atoms with Crippen LogP contribution in [-0.2, 0) is 4.79 Å². The van der Waals surface area contributed by atoms with Crippen molar-refractivity contribution in [2.45, 2.75) is 13.8 Å². The maximum absolute atomic E-state index is 12.0. The number of nitrogens with one attached hydrogen (secondary N) is 3. The highest BCUT2D eigenvalue weighted by atomic mass is 79.9. The van der Waals surface area contributed by atoms with Crippen LogP contribution in [0.4, 0.5) is 0 Å². The van der Waals surface area contributed by atoms with Gasteiger partial charge in [-0.05, 0) is 61.5 Å². The molecule has 6 nitrogen and oxygen atoms in total. The average Bonchev–Trinajstić information content (AvgIpc) is 2.60. The Morgan fingerprint density at radius 2 is 1.88 bits per heavy atom. The van der Waals surface area contributed by atoms with Crippen molar-refractivity contribution in [3.63, 3.8) is 0 Å². The number of carbonyl (C=O) groups excluding carboxylic acids is 2. The maximum atomic E-state index is 12.0. The summed E-state index contributed by atoms with van der Waals surface area (Å²) in [7, 11) is 0. The van der Waals surface area contributed by atoms with E-state index in [-0.39, 0.29) is 17.6 Å². The molecule has 2 amide bonds. The second-order valence-corrected chi connectivity index (χ2v) is 6.79. The summed E-state index contributed by atoms with van der Waals surface area (Å²) in [6.07, 6.45) is 0. The third-order valence-corrected chi connectivity index (χ3v) is 4.39. The number of carbonyl (C=O) groups is 2. The molecule has 0 heterocycles. The smallest absolute Gasteiger partial charge is 0.269 e. The van der Waals surface area contributed by atoms with E-state index in [0.717, 1.165) is 15.6 Å². The Kier molecular flexibility index (Phi) is 7.11. The SMILES string of the molecule is Cc1cccc(OCC(=O)NC(=S)NNC(=O)c2ccc(C)c(Br)c2)c1. The van der Waals surface area contributed by atoms with Gasteiger partial charge in [0.25, 0.3) is 11.8 Å². The number of amides is 2. The minimum Gasteiger partial charge on any atom is -0.484 e. The molecule has 0 aromatic heterocycles. The first-order valence-electron chi connectivity index (χ1n) is 7.71. The van der Waals surface area contributed by atoms with Gasteiger partial charge in [-0.15, -0.1) is 0 Å². The molecule has 2 rings (SSSR count). The van der Waals surface area contributed by atoms with Gasteiger partial charge in [-0.25, -0.2) is 0 Å². The first kappa shape index (κ1) is 19.9. The first-order valence-corrected chi connectivity index (χ1v) is 8.91. The number of hydrogen-bond acceptors (Lipinski definition) is 4. The number of halogens is 1. The summed E-state index contributed by atoms with van der Waals surface area (Å²) in [5, 5.41) is 2.40. The van der Waals surface area contributed by atoms with Crippen LogP contribution < -0.4 is 20.9 Å². The average molecular weight is 436 g/mol. The summed E-state index contributed by atoms with van der Waals surface area (Å²) < 4.78 is 6.20. The van der Waals surface area contributed by atoms with Gasteiger partial charge >= 0.3 is 0 Å². The Morgan fingerprint density at radius 3 is 2.58 bits per heavy atom. The monoisotopic (exact) mass is 435 g/mol. The van der Waals surface area contributed by atoms with Gasteiger partial charge in [0.05, 0.1) is 0 Å². The van der Waals surface area contributed by atoms with Gasteiger partial charge in [-0.2, -0.15) is 0 Å². The predicted molar refractivity (Wildman–Crippen MR) is 107 cm³/mol. The molecule has 0 aliphatic rings. The van der Waals surface area contributed by atoms with Crippen LogP contribution in [-0.4, -0.2) is 23.5 Å². The standard InChI is InChI=1S/C18H18BrN3O3S/c1-11-4-3-5-14(8-11)25-10-16(23)20-18(26)22-21-17(24)13-7-6-12(2)15(19)9-13/h3-9H,10H2,1-2H3,(H,21,24)(H2,20,22,23,26). The fraction of sp³-hybridized carbons (Fsp3) is 0.167. The summed E-state index contributed by atoms with van der Waals surface area (Å²) >= 11 is 8.35. The Morgan fingerprint density at radius 1 is 1.12 bits per heavy atom. The van der Waals surface area contributed by atoms with E-state index >= 15 is 0 Å². The van der Waals surface area contributed by atoms with Gasteiger partial charge in [0, 0.05) is 10.0 Å². The fourth-order valence-electron chi connectivity index (χ4n) is 1.97. The molecule has 0 spiro atoms. The summed E-state index contributed by atoms with van der Waals surface area (Å²) in [5.41, 5.74) is 7.41. The van der Waals surface area contributed by atoms with E-state index in [1.54, 1.807) is 18.2 Å². The molecule has 0 bridgehead atoms. The van der Waals surface area contributed by atoms with E-state index in [2.05, 4.69) is 32.1 Å². The second kappa shape index (κ2) is 9.30. The number of aryl methyl sites for hydroxylation is 2. The highest BCUT2D eigenvalue weighted by molar-refractivity contribution is 9.10. The lowest BCUT2D eigenvalue weighted by Gasteiger charge is -2.12. The third-order valence-electron chi connectivity index (χ3n) is 3.34. The quantitative estimate of drug-likeness (QED) is 0.508. The topological polar surface area (TPSA) is 79.5 Å². The molecule has 0 unspecified atom stereocenters. The maximum Gasteiger partial charge on any atom is 0.269 e. The van der Waals surface area contributed by atoms with Crippen molar-refractivity contribution in [3.05, 3.63) is 63.6 Å². The van der Waals surface area contributed by atoms with Gasteiger partial charge in [-0.3, -0.25) is 25.8 Å². The Balaban J connectivity index is 1.76. The van der Waals surface area contributed by atoms with Crippen LogP contribution in [0.1, 0.15) is 21.5 Å². The predicted octanol–water partition coefficient (Wildman–Crippen LogP) is 2.78. The van der Waals surface area contributed by atoms with E-state index in [1.807, 2.05) is 38.1 Å². The lowest BCUT2D eigenvalue weighted by atomic mass is 10.1. The Bertz CT molecular complexity index is 842. The molecular weight excluding hydrogens is 418 g/mol. The molecule has 26 heavy (non-hydrogen) atoms. The first-order chi connectivity index (χ1) is 12.3. The zero-order chi connectivity index (χ0) is 19.1. The minimum atomic E-state index is -0.434. The van der Waals surface area contributed by atoms with E-state index in [9.17, 15) is 9.59 Å². The van der Waals surface area contributed by atoms with E-state index in [1.165, 1.54) is 0 Å². The van der Waals surface area contributed by atoms with Crippen molar-refractivity contribution in [2.75, 3.05) is 6.61 Å². The minimum absolute atomic E-state index is 0.0256. The second-order valence-electron chi connectivity index (χ2n) is 5.53.